The molecule has 0 spiro atoms. The molecule has 90 valence electrons. The van der Waals surface area contributed by atoms with Crippen LogP contribution in [0.2, 0.25) is 0 Å². The lowest BCUT2D eigenvalue weighted by molar-refractivity contribution is 0.410. The number of fused-ring (bicyclic) bond motifs is 1. The minimum atomic E-state index is 0.614. The van der Waals surface area contributed by atoms with Gasteiger partial charge in [-0.25, -0.2) is 0 Å². The van der Waals surface area contributed by atoms with Crippen molar-refractivity contribution in [2.75, 3.05) is 13.7 Å². The monoisotopic (exact) mass is 230 g/mol. The van der Waals surface area contributed by atoms with Gasteiger partial charge in [0.1, 0.15) is 5.75 Å². The normalized spacial score (nSPS) is 10.8. The maximum absolute atomic E-state index is 5.68. The summed E-state index contributed by atoms with van der Waals surface area (Å²) in [6.45, 7) is 4.73. The van der Waals surface area contributed by atoms with Crippen LogP contribution in [0.25, 0.3) is 10.9 Å². The van der Waals surface area contributed by atoms with Gasteiger partial charge in [0.15, 0.2) is 0 Å². The van der Waals surface area contributed by atoms with E-state index >= 15 is 0 Å². The molecule has 17 heavy (non-hydrogen) atoms. The van der Waals surface area contributed by atoms with Crippen molar-refractivity contribution in [3.63, 3.8) is 0 Å². The third kappa shape index (κ3) is 2.11. The molecule has 1 heterocycles. The molecule has 0 saturated heterocycles. The second-order valence-corrected chi connectivity index (χ2v) is 4.26. The Morgan fingerprint density at radius 1 is 1.29 bits per heavy atom. The summed E-state index contributed by atoms with van der Waals surface area (Å²) in [5.74, 6) is 0.900. The second-order valence-electron chi connectivity index (χ2n) is 4.26. The first-order valence-electron chi connectivity index (χ1n) is 5.81. The van der Waals surface area contributed by atoms with Crippen LogP contribution in [-0.2, 0) is 6.42 Å². The molecule has 0 saturated carbocycles. The molecule has 0 aliphatic carbocycles. The Morgan fingerprint density at radius 2 is 2.06 bits per heavy atom. The standard InChI is InChI=1S/C14H18N2O/c1-9-8-10(2)16-12-4-5-13(17-3)11(6-7-15)14(9)12/h4-5,8H,6-7,15H2,1-3H3. The van der Waals surface area contributed by atoms with E-state index in [4.69, 9.17) is 10.5 Å². The lowest BCUT2D eigenvalue weighted by Gasteiger charge is -2.13. The van der Waals surface area contributed by atoms with Gasteiger partial charge in [-0.1, -0.05) is 0 Å². The maximum atomic E-state index is 5.68. The van der Waals surface area contributed by atoms with Crippen LogP contribution in [0.1, 0.15) is 16.8 Å². The fourth-order valence-electron chi connectivity index (χ4n) is 2.34. The van der Waals surface area contributed by atoms with Crippen molar-refractivity contribution < 1.29 is 4.74 Å². The number of benzene rings is 1. The van der Waals surface area contributed by atoms with Gasteiger partial charge in [0, 0.05) is 16.6 Å². The van der Waals surface area contributed by atoms with Crippen LogP contribution in [0.3, 0.4) is 0 Å². The van der Waals surface area contributed by atoms with Gasteiger partial charge in [-0.2, -0.15) is 0 Å². The highest BCUT2D eigenvalue weighted by Crippen LogP contribution is 2.30. The fourth-order valence-corrected chi connectivity index (χ4v) is 2.34. The first-order chi connectivity index (χ1) is 8.17. The van der Waals surface area contributed by atoms with Crippen molar-refractivity contribution in [2.45, 2.75) is 20.3 Å². The highest BCUT2D eigenvalue weighted by atomic mass is 16.5. The molecule has 0 radical (unpaired) electrons. The van der Waals surface area contributed by atoms with Crippen LogP contribution in [-0.4, -0.2) is 18.6 Å². The highest BCUT2D eigenvalue weighted by molar-refractivity contribution is 5.87. The molecule has 0 atom stereocenters. The molecule has 0 unspecified atom stereocenters. The Hall–Kier alpha value is -1.61. The Kier molecular flexibility index (Phi) is 3.29. The molecule has 0 fully saturated rings. The second kappa shape index (κ2) is 4.72. The summed E-state index contributed by atoms with van der Waals surface area (Å²) in [7, 11) is 1.69. The smallest absolute Gasteiger partial charge is 0.122 e. The van der Waals surface area contributed by atoms with Crippen LogP contribution >= 0.6 is 0 Å². The van der Waals surface area contributed by atoms with Crippen molar-refractivity contribution in [3.8, 4) is 5.75 Å². The van der Waals surface area contributed by atoms with Crippen LogP contribution in [0.15, 0.2) is 18.2 Å². The van der Waals surface area contributed by atoms with E-state index in [-0.39, 0.29) is 0 Å². The zero-order valence-corrected chi connectivity index (χ0v) is 10.6. The van der Waals surface area contributed by atoms with E-state index in [1.807, 2.05) is 19.1 Å². The average Bonchev–Trinajstić information content (AvgIpc) is 2.29. The SMILES string of the molecule is COc1ccc2nc(C)cc(C)c2c1CCN. The van der Waals surface area contributed by atoms with Gasteiger partial charge in [0.05, 0.1) is 12.6 Å². The van der Waals surface area contributed by atoms with Gasteiger partial charge in [-0.05, 0) is 50.6 Å². The predicted molar refractivity (Wildman–Crippen MR) is 70.5 cm³/mol. The summed E-state index contributed by atoms with van der Waals surface area (Å²) in [6, 6.07) is 6.08. The van der Waals surface area contributed by atoms with Crippen LogP contribution in [0.4, 0.5) is 0 Å². The number of nitrogens with zero attached hydrogens (tertiary/aromatic N) is 1. The van der Waals surface area contributed by atoms with Gasteiger partial charge >= 0.3 is 0 Å². The number of rotatable bonds is 3. The summed E-state index contributed by atoms with van der Waals surface area (Å²) >= 11 is 0. The lowest BCUT2D eigenvalue weighted by Crippen LogP contribution is -2.06. The summed E-state index contributed by atoms with van der Waals surface area (Å²) in [5, 5.41) is 1.18. The molecule has 3 heteroatoms. The van der Waals surface area contributed by atoms with E-state index in [0.29, 0.717) is 6.54 Å². The molecular weight excluding hydrogens is 212 g/mol. The number of pyridine rings is 1. The van der Waals surface area contributed by atoms with Gasteiger partial charge in [-0.15, -0.1) is 0 Å². The molecule has 2 aromatic rings. The van der Waals surface area contributed by atoms with Gasteiger partial charge < -0.3 is 10.5 Å². The number of aromatic nitrogens is 1. The number of nitrogens with two attached hydrogens (primary N) is 1. The summed E-state index contributed by atoms with van der Waals surface area (Å²) in [6.07, 6.45) is 0.812. The number of aryl methyl sites for hydroxylation is 2. The zero-order valence-electron chi connectivity index (χ0n) is 10.6. The van der Waals surface area contributed by atoms with Crippen molar-refractivity contribution in [3.05, 3.63) is 35.0 Å². The van der Waals surface area contributed by atoms with Crippen molar-refractivity contribution >= 4 is 10.9 Å². The van der Waals surface area contributed by atoms with E-state index in [0.717, 1.165) is 28.9 Å². The molecule has 2 N–H and O–H groups in total. The molecule has 0 bridgehead atoms. The van der Waals surface area contributed by atoms with Crippen molar-refractivity contribution in [1.29, 1.82) is 0 Å². The Balaban J connectivity index is 2.79. The quantitative estimate of drug-likeness (QED) is 0.880. The molecule has 0 amide bonds. The Morgan fingerprint density at radius 3 is 2.71 bits per heavy atom. The maximum Gasteiger partial charge on any atom is 0.122 e. The number of methoxy groups -OCH3 is 1. The zero-order chi connectivity index (χ0) is 12.4. The van der Waals surface area contributed by atoms with Gasteiger partial charge in [-0.3, -0.25) is 4.98 Å². The topological polar surface area (TPSA) is 48.1 Å². The first-order valence-corrected chi connectivity index (χ1v) is 5.81. The summed E-state index contributed by atoms with van der Waals surface area (Å²) in [5.41, 5.74) is 10.1. The molecule has 0 aliphatic heterocycles. The molecule has 1 aromatic heterocycles. The van der Waals surface area contributed by atoms with Crippen LogP contribution < -0.4 is 10.5 Å². The molecule has 3 nitrogen and oxygen atoms in total. The van der Waals surface area contributed by atoms with E-state index in [1.165, 1.54) is 10.9 Å². The lowest BCUT2D eigenvalue weighted by atomic mass is 9.99. The first kappa shape index (κ1) is 11.9. The molecule has 2 rings (SSSR count). The Bertz CT molecular complexity index is 549. The average molecular weight is 230 g/mol. The van der Waals surface area contributed by atoms with Crippen LogP contribution in [0, 0.1) is 13.8 Å². The van der Waals surface area contributed by atoms with E-state index in [2.05, 4.69) is 18.0 Å². The number of hydrogen-bond acceptors (Lipinski definition) is 3. The summed E-state index contributed by atoms with van der Waals surface area (Å²) < 4.78 is 5.41. The fraction of sp³-hybridized carbons (Fsp3) is 0.357. The highest BCUT2D eigenvalue weighted by Gasteiger charge is 2.11. The minimum absolute atomic E-state index is 0.614. The predicted octanol–water partition coefficient (Wildman–Crippen LogP) is 2.36. The van der Waals surface area contributed by atoms with E-state index in [9.17, 15) is 0 Å². The summed E-state index contributed by atoms with van der Waals surface area (Å²) in [4.78, 5) is 4.56. The third-order valence-corrected chi connectivity index (χ3v) is 2.98. The van der Waals surface area contributed by atoms with Crippen molar-refractivity contribution in [1.82, 2.24) is 4.98 Å². The van der Waals surface area contributed by atoms with E-state index < -0.39 is 0 Å². The molecule has 0 aliphatic rings. The van der Waals surface area contributed by atoms with E-state index in [1.54, 1.807) is 7.11 Å². The van der Waals surface area contributed by atoms with Crippen LogP contribution in [0.5, 0.6) is 5.75 Å². The minimum Gasteiger partial charge on any atom is -0.496 e. The van der Waals surface area contributed by atoms with Gasteiger partial charge in [0.2, 0.25) is 0 Å². The number of hydrogen-bond donors (Lipinski definition) is 1. The Labute approximate surface area is 102 Å². The molecule has 1 aromatic carbocycles. The van der Waals surface area contributed by atoms with Gasteiger partial charge in [0.25, 0.3) is 0 Å². The number of ether oxygens (including phenoxy) is 1. The largest absolute Gasteiger partial charge is 0.496 e. The third-order valence-electron chi connectivity index (χ3n) is 2.98. The van der Waals surface area contributed by atoms with Crippen molar-refractivity contribution in [2.24, 2.45) is 5.73 Å². The molecular formula is C14H18N2O.